The van der Waals surface area contributed by atoms with Gasteiger partial charge in [0.2, 0.25) is 0 Å². The number of halogens is 1. The van der Waals surface area contributed by atoms with Crippen LogP contribution < -0.4 is 0 Å². The third-order valence-corrected chi connectivity index (χ3v) is 4.70. The summed E-state index contributed by atoms with van der Waals surface area (Å²) in [5.41, 5.74) is 2.78. The largest absolute Gasteiger partial charge is 0.118 e. The second-order valence-electron chi connectivity index (χ2n) is 5.42. The number of hydrogen-bond donors (Lipinski definition) is 0. The van der Waals surface area contributed by atoms with E-state index in [0.29, 0.717) is 0 Å². The summed E-state index contributed by atoms with van der Waals surface area (Å²) in [5, 5.41) is 5.53. The minimum atomic E-state index is 0.194. The van der Waals surface area contributed by atoms with Crippen LogP contribution in [-0.4, -0.2) is 0 Å². The van der Waals surface area contributed by atoms with Gasteiger partial charge in [-0.15, -0.1) is 11.6 Å². The monoisotopic (exact) mass is 266 g/mol. The zero-order chi connectivity index (χ0) is 12.8. The lowest BCUT2D eigenvalue weighted by Gasteiger charge is -2.21. The molecule has 1 aliphatic carbocycles. The molecule has 1 unspecified atom stereocenters. The standard InChI is InChI=1S/C18H15Cl/c19-18-7-3-5-13-10-16-14(11-17(13)18)9-8-12-4-1-2-6-15(12)16/h1-2,4,6,8-11,18H,3,5,7H2. The lowest BCUT2D eigenvalue weighted by atomic mass is 9.88. The Hall–Kier alpha value is -1.53. The molecular weight excluding hydrogens is 252 g/mol. The lowest BCUT2D eigenvalue weighted by molar-refractivity contribution is 0.669. The molecule has 0 spiro atoms. The van der Waals surface area contributed by atoms with Crippen LogP contribution in [-0.2, 0) is 6.42 Å². The van der Waals surface area contributed by atoms with Crippen LogP contribution in [0.4, 0.5) is 0 Å². The van der Waals surface area contributed by atoms with Gasteiger partial charge < -0.3 is 0 Å². The summed E-state index contributed by atoms with van der Waals surface area (Å²) >= 11 is 6.47. The Balaban J connectivity index is 2.10. The normalized spacial score (nSPS) is 18.7. The third kappa shape index (κ3) is 1.74. The zero-order valence-corrected chi connectivity index (χ0v) is 11.5. The summed E-state index contributed by atoms with van der Waals surface area (Å²) in [6.07, 6.45) is 3.47. The first kappa shape index (κ1) is 11.3. The number of fused-ring (bicyclic) bond motifs is 4. The number of alkyl halides is 1. The van der Waals surface area contributed by atoms with Crippen molar-refractivity contribution in [1.29, 1.82) is 0 Å². The van der Waals surface area contributed by atoms with E-state index in [1.54, 1.807) is 0 Å². The molecule has 19 heavy (non-hydrogen) atoms. The first-order chi connectivity index (χ1) is 9.33. The third-order valence-electron chi connectivity index (χ3n) is 4.25. The smallest absolute Gasteiger partial charge is 0.0588 e. The first-order valence-corrected chi connectivity index (χ1v) is 7.35. The number of rotatable bonds is 0. The van der Waals surface area contributed by atoms with E-state index >= 15 is 0 Å². The molecule has 0 nitrogen and oxygen atoms in total. The number of hydrogen-bond acceptors (Lipinski definition) is 0. The van der Waals surface area contributed by atoms with Crippen molar-refractivity contribution in [3.63, 3.8) is 0 Å². The molecule has 1 atom stereocenters. The Labute approximate surface area is 118 Å². The van der Waals surface area contributed by atoms with Gasteiger partial charge in [-0.1, -0.05) is 42.5 Å². The Morgan fingerprint density at radius 1 is 0.895 bits per heavy atom. The molecule has 0 saturated heterocycles. The highest BCUT2D eigenvalue weighted by atomic mass is 35.5. The molecule has 0 amide bonds. The molecular formula is C18H15Cl. The fourth-order valence-corrected chi connectivity index (χ4v) is 3.61. The zero-order valence-electron chi connectivity index (χ0n) is 10.7. The van der Waals surface area contributed by atoms with Gasteiger partial charge in [-0.3, -0.25) is 0 Å². The molecule has 3 aromatic rings. The van der Waals surface area contributed by atoms with Gasteiger partial charge >= 0.3 is 0 Å². The molecule has 0 heterocycles. The van der Waals surface area contributed by atoms with Crippen LogP contribution in [0.25, 0.3) is 21.5 Å². The Kier molecular flexibility index (Phi) is 2.53. The summed E-state index contributed by atoms with van der Waals surface area (Å²) in [5.74, 6) is 0. The van der Waals surface area contributed by atoms with Crippen molar-refractivity contribution in [2.75, 3.05) is 0 Å². The van der Waals surface area contributed by atoms with Gasteiger partial charge in [0.25, 0.3) is 0 Å². The van der Waals surface area contributed by atoms with Gasteiger partial charge in [-0.25, -0.2) is 0 Å². The predicted octanol–water partition coefficient (Wildman–Crippen LogP) is 5.61. The van der Waals surface area contributed by atoms with Crippen molar-refractivity contribution in [2.24, 2.45) is 0 Å². The second-order valence-corrected chi connectivity index (χ2v) is 5.95. The van der Waals surface area contributed by atoms with Gasteiger partial charge in [0, 0.05) is 0 Å². The van der Waals surface area contributed by atoms with E-state index < -0.39 is 0 Å². The molecule has 4 rings (SSSR count). The molecule has 0 N–H and O–H groups in total. The minimum Gasteiger partial charge on any atom is -0.118 e. The van der Waals surface area contributed by atoms with Crippen LogP contribution in [0.3, 0.4) is 0 Å². The van der Waals surface area contributed by atoms with Gasteiger partial charge in [0.15, 0.2) is 0 Å². The second kappa shape index (κ2) is 4.25. The molecule has 0 aromatic heterocycles. The van der Waals surface area contributed by atoms with Crippen molar-refractivity contribution in [3.8, 4) is 0 Å². The molecule has 0 radical (unpaired) electrons. The van der Waals surface area contributed by atoms with Crippen LogP contribution in [0.2, 0.25) is 0 Å². The van der Waals surface area contributed by atoms with Crippen molar-refractivity contribution in [1.82, 2.24) is 0 Å². The van der Waals surface area contributed by atoms with E-state index in [4.69, 9.17) is 11.6 Å². The summed E-state index contributed by atoms with van der Waals surface area (Å²) < 4.78 is 0. The fraction of sp³-hybridized carbons (Fsp3) is 0.222. The maximum Gasteiger partial charge on any atom is 0.0588 e. The molecule has 3 aromatic carbocycles. The Morgan fingerprint density at radius 3 is 2.68 bits per heavy atom. The molecule has 0 saturated carbocycles. The van der Waals surface area contributed by atoms with Crippen LogP contribution in [0.15, 0.2) is 48.5 Å². The SMILES string of the molecule is ClC1CCCc2cc3c(ccc4ccccc43)cc21. The van der Waals surface area contributed by atoms with Crippen LogP contribution in [0, 0.1) is 0 Å². The van der Waals surface area contributed by atoms with E-state index in [1.165, 1.54) is 39.1 Å². The average Bonchev–Trinajstić information content (AvgIpc) is 2.46. The average molecular weight is 267 g/mol. The first-order valence-electron chi connectivity index (χ1n) is 6.91. The van der Waals surface area contributed by atoms with E-state index in [0.717, 1.165) is 12.8 Å². The van der Waals surface area contributed by atoms with Crippen LogP contribution in [0.5, 0.6) is 0 Å². The highest BCUT2D eigenvalue weighted by Crippen LogP contribution is 2.38. The van der Waals surface area contributed by atoms with Gasteiger partial charge in [-0.2, -0.15) is 0 Å². The summed E-state index contributed by atoms with van der Waals surface area (Å²) in [6.45, 7) is 0. The number of benzene rings is 3. The van der Waals surface area contributed by atoms with Gasteiger partial charge in [0.1, 0.15) is 0 Å². The number of aryl methyl sites for hydroxylation is 1. The van der Waals surface area contributed by atoms with E-state index in [9.17, 15) is 0 Å². The van der Waals surface area contributed by atoms with E-state index in [-0.39, 0.29) is 5.38 Å². The lowest BCUT2D eigenvalue weighted by Crippen LogP contribution is -2.05. The van der Waals surface area contributed by atoms with E-state index in [1.807, 2.05) is 0 Å². The van der Waals surface area contributed by atoms with Crippen molar-refractivity contribution in [2.45, 2.75) is 24.6 Å². The summed E-state index contributed by atoms with van der Waals surface area (Å²) in [6, 6.07) is 17.7. The van der Waals surface area contributed by atoms with Crippen molar-refractivity contribution < 1.29 is 0 Å². The minimum absolute atomic E-state index is 0.194. The molecule has 1 aliphatic rings. The quantitative estimate of drug-likeness (QED) is 0.366. The maximum absolute atomic E-state index is 6.47. The summed E-state index contributed by atoms with van der Waals surface area (Å²) in [4.78, 5) is 0. The molecule has 1 heteroatoms. The summed E-state index contributed by atoms with van der Waals surface area (Å²) in [7, 11) is 0. The molecule has 0 aliphatic heterocycles. The van der Waals surface area contributed by atoms with Crippen molar-refractivity contribution in [3.05, 3.63) is 59.7 Å². The highest BCUT2D eigenvalue weighted by molar-refractivity contribution is 6.21. The van der Waals surface area contributed by atoms with Crippen LogP contribution >= 0.6 is 11.6 Å². The maximum atomic E-state index is 6.47. The van der Waals surface area contributed by atoms with Gasteiger partial charge in [-0.05, 0) is 58.0 Å². The molecule has 94 valence electrons. The fourth-order valence-electron chi connectivity index (χ4n) is 3.25. The van der Waals surface area contributed by atoms with Crippen molar-refractivity contribution >= 4 is 33.1 Å². The molecule has 0 fully saturated rings. The Bertz CT molecular complexity index is 773. The Morgan fingerprint density at radius 2 is 1.74 bits per heavy atom. The van der Waals surface area contributed by atoms with Crippen LogP contribution in [0.1, 0.15) is 29.3 Å². The topological polar surface area (TPSA) is 0 Å². The predicted molar refractivity (Wildman–Crippen MR) is 83.0 cm³/mol. The highest BCUT2D eigenvalue weighted by Gasteiger charge is 2.18. The van der Waals surface area contributed by atoms with E-state index in [2.05, 4.69) is 48.5 Å². The molecule has 0 bridgehead atoms. The van der Waals surface area contributed by atoms with Gasteiger partial charge in [0.05, 0.1) is 5.38 Å².